The first-order valence-corrected chi connectivity index (χ1v) is 9.23. The maximum absolute atomic E-state index is 12.2. The van der Waals surface area contributed by atoms with Crippen molar-refractivity contribution in [3.05, 3.63) is 29.8 Å². The summed E-state index contributed by atoms with van der Waals surface area (Å²) in [5.41, 5.74) is 1.96. The predicted octanol–water partition coefficient (Wildman–Crippen LogP) is 2.49. The zero-order valence-electron chi connectivity index (χ0n) is 14.5. The van der Waals surface area contributed by atoms with Crippen LogP contribution < -0.4 is 15.5 Å². The largest absolute Gasteiger partial charge is 0.373 e. The van der Waals surface area contributed by atoms with Gasteiger partial charge in [-0.1, -0.05) is 12.1 Å². The number of ether oxygens (including phenoxy) is 1. The minimum absolute atomic E-state index is 0.0946. The quantitative estimate of drug-likeness (QED) is 0.882. The molecule has 0 aromatic heterocycles. The van der Waals surface area contributed by atoms with Gasteiger partial charge >= 0.3 is 6.03 Å². The van der Waals surface area contributed by atoms with Crippen molar-refractivity contribution in [3.63, 3.8) is 0 Å². The Hall–Kier alpha value is -2.08. The number of fused-ring (bicyclic) bond motifs is 2. The first-order chi connectivity index (χ1) is 12.1. The van der Waals surface area contributed by atoms with Crippen LogP contribution in [0.15, 0.2) is 24.3 Å². The van der Waals surface area contributed by atoms with E-state index >= 15 is 0 Å². The summed E-state index contributed by atoms with van der Waals surface area (Å²) in [6.07, 6.45) is 5.15. The molecule has 3 fully saturated rings. The van der Waals surface area contributed by atoms with Gasteiger partial charge in [0.1, 0.15) is 0 Å². The second-order valence-electron chi connectivity index (χ2n) is 7.30. The lowest BCUT2D eigenvalue weighted by molar-refractivity contribution is -0.117. The molecule has 0 radical (unpaired) electrons. The van der Waals surface area contributed by atoms with E-state index < -0.39 is 0 Å². The van der Waals surface area contributed by atoms with Gasteiger partial charge in [-0.15, -0.1) is 0 Å². The summed E-state index contributed by atoms with van der Waals surface area (Å²) in [6.45, 7) is 2.76. The maximum atomic E-state index is 12.2. The van der Waals surface area contributed by atoms with E-state index in [0.717, 1.165) is 43.5 Å². The van der Waals surface area contributed by atoms with Crippen molar-refractivity contribution in [3.8, 4) is 0 Å². The molecule has 25 heavy (non-hydrogen) atoms. The Morgan fingerprint density at radius 2 is 2.08 bits per heavy atom. The van der Waals surface area contributed by atoms with Gasteiger partial charge in [-0.25, -0.2) is 4.79 Å². The summed E-state index contributed by atoms with van der Waals surface area (Å²) < 4.78 is 5.77. The lowest BCUT2D eigenvalue weighted by Gasteiger charge is -2.22. The van der Waals surface area contributed by atoms with Crippen LogP contribution in [0.25, 0.3) is 0 Å². The van der Waals surface area contributed by atoms with E-state index in [1.165, 1.54) is 0 Å². The minimum Gasteiger partial charge on any atom is -0.373 e. The van der Waals surface area contributed by atoms with Crippen molar-refractivity contribution in [2.24, 2.45) is 0 Å². The molecule has 0 spiro atoms. The molecule has 3 saturated heterocycles. The highest BCUT2D eigenvalue weighted by Crippen LogP contribution is 2.34. The van der Waals surface area contributed by atoms with Crippen LogP contribution in [-0.4, -0.2) is 36.7 Å². The lowest BCUT2D eigenvalue weighted by atomic mass is 9.96. The molecule has 1 unspecified atom stereocenters. The van der Waals surface area contributed by atoms with E-state index in [4.69, 9.17) is 4.74 Å². The van der Waals surface area contributed by atoms with Gasteiger partial charge in [0.15, 0.2) is 0 Å². The zero-order valence-corrected chi connectivity index (χ0v) is 14.5. The molecular weight excluding hydrogens is 318 g/mol. The number of amides is 3. The predicted molar refractivity (Wildman–Crippen MR) is 94.4 cm³/mol. The van der Waals surface area contributed by atoms with Gasteiger partial charge in [0.2, 0.25) is 5.91 Å². The monoisotopic (exact) mass is 343 g/mol. The van der Waals surface area contributed by atoms with E-state index in [2.05, 4.69) is 10.6 Å². The Labute approximate surface area is 147 Å². The number of nitrogens with zero attached hydrogens (tertiary/aromatic N) is 1. The van der Waals surface area contributed by atoms with E-state index in [9.17, 15) is 9.59 Å². The van der Waals surface area contributed by atoms with Gasteiger partial charge in [0.25, 0.3) is 0 Å². The molecule has 3 heterocycles. The fourth-order valence-electron chi connectivity index (χ4n) is 4.14. The first kappa shape index (κ1) is 16.4. The maximum Gasteiger partial charge on any atom is 0.315 e. The number of rotatable bonds is 4. The Kier molecular flexibility index (Phi) is 4.37. The molecule has 3 aliphatic rings. The molecule has 134 valence electrons. The molecule has 0 saturated carbocycles. The van der Waals surface area contributed by atoms with Crippen LogP contribution in [0.4, 0.5) is 10.5 Å². The van der Waals surface area contributed by atoms with E-state index in [0.29, 0.717) is 12.5 Å². The van der Waals surface area contributed by atoms with Crippen molar-refractivity contribution in [2.75, 3.05) is 11.4 Å². The molecule has 3 aliphatic heterocycles. The van der Waals surface area contributed by atoms with Crippen LogP contribution in [-0.2, 0) is 9.53 Å². The number of anilines is 1. The van der Waals surface area contributed by atoms with Crippen molar-refractivity contribution in [1.29, 1.82) is 0 Å². The van der Waals surface area contributed by atoms with Crippen LogP contribution >= 0.6 is 0 Å². The Balaban J connectivity index is 1.32. The highest BCUT2D eigenvalue weighted by atomic mass is 16.5. The SMILES string of the molecule is CC(NC(=O)N[C@@H]1C[C@@H]2CC[C@H]1O2)c1ccc(N2CCCC2=O)cc1. The fourth-order valence-corrected chi connectivity index (χ4v) is 4.14. The highest BCUT2D eigenvalue weighted by molar-refractivity contribution is 5.95. The van der Waals surface area contributed by atoms with Crippen molar-refractivity contribution >= 4 is 17.6 Å². The first-order valence-electron chi connectivity index (χ1n) is 9.23. The van der Waals surface area contributed by atoms with E-state index in [1.54, 1.807) is 0 Å². The molecule has 6 nitrogen and oxygen atoms in total. The molecule has 3 amide bonds. The molecule has 1 aromatic rings. The number of carbonyl (C=O) groups excluding carboxylic acids is 2. The van der Waals surface area contributed by atoms with Gasteiger partial charge in [-0.05, 0) is 50.3 Å². The third-order valence-electron chi connectivity index (χ3n) is 5.55. The summed E-state index contributed by atoms with van der Waals surface area (Å²) >= 11 is 0. The fraction of sp³-hybridized carbons (Fsp3) is 0.579. The van der Waals surface area contributed by atoms with E-state index in [-0.39, 0.29) is 30.1 Å². The number of hydrogen-bond acceptors (Lipinski definition) is 3. The minimum atomic E-state index is -0.146. The standard InChI is InChI=1S/C19H25N3O3/c1-12(20-19(24)21-16-11-15-8-9-17(16)25-15)13-4-6-14(7-5-13)22-10-2-3-18(22)23/h4-7,12,15-17H,2-3,8-11H2,1H3,(H2,20,21,24)/t12?,15-,16+,17+/m0/s1. The molecule has 1 aromatic carbocycles. The number of urea groups is 1. The van der Waals surface area contributed by atoms with Crippen LogP contribution in [0.1, 0.15) is 50.6 Å². The average molecular weight is 343 g/mol. The summed E-state index contributed by atoms with van der Waals surface area (Å²) in [7, 11) is 0. The molecule has 2 bridgehead atoms. The highest BCUT2D eigenvalue weighted by Gasteiger charge is 2.41. The third kappa shape index (κ3) is 3.35. The summed E-state index contributed by atoms with van der Waals surface area (Å²) in [6, 6.07) is 7.76. The summed E-state index contributed by atoms with van der Waals surface area (Å²) in [5.74, 6) is 0.186. The molecule has 0 aliphatic carbocycles. The van der Waals surface area contributed by atoms with E-state index in [1.807, 2.05) is 36.1 Å². The number of nitrogens with one attached hydrogen (secondary N) is 2. The zero-order chi connectivity index (χ0) is 17.4. The number of carbonyl (C=O) groups is 2. The smallest absolute Gasteiger partial charge is 0.315 e. The molecule has 6 heteroatoms. The number of benzene rings is 1. The van der Waals surface area contributed by atoms with Gasteiger partial charge < -0.3 is 20.3 Å². The Morgan fingerprint density at radius 1 is 1.28 bits per heavy atom. The van der Waals surface area contributed by atoms with Crippen molar-refractivity contribution in [1.82, 2.24) is 10.6 Å². The van der Waals surface area contributed by atoms with Crippen LogP contribution in [0.2, 0.25) is 0 Å². The van der Waals surface area contributed by atoms with Crippen molar-refractivity contribution in [2.45, 2.75) is 63.3 Å². The summed E-state index contributed by atoms with van der Waals surface area (Å²) in [4.78, 5) is 25.9. The van der Waals surface area contributed by atoms with Gasteiger partial charge in [-0.3, -0.25) is 4.79 Å². The van der Waals surface area contributed by atoms with Crippen LogP contribution in [0, 0.1) is 0 Å². The molecule has 2 N–H and O–H groups in total. The van der Waals surface area contributed by atoms with Gasteiger partial charge in [0, 0.05) is 18.7 Å². The molecular formula is C19H25N3O3. The average Bonchev–Trinajstić information content (AvgIpc) is 3.31. The second-order valence-corrected chi connectivity index (χ2v) is 7.30. The Bertz CT molecular complexity index is 660. The van der Waals surface area contributed by atoms with Gasteiger partial charge in [0.05, 0.1) is 24.3 Å². The van der Waals surface area contributed by atoms with Gasteiger partial charge in [-0.2, -0.15) is 0 Å². The second kappa shape index (κ2) is 6.67. The summed E-state index contributed by atoms with van der Waals surface area (Å²) in [5, 5.41) is 6.04. The van der Waals surface area contributed by atoms with Crippen LogP contribution in [0.5, 0.6) is 0 Å². The molecule has 4 atom stereocenters. The van der Waals surface area contributed by atoms with Crippen LogP contribution in [0.3, 0.4) is 0 Å². The van der Waals surface area contributed by atoms with Crippen molar-refractivity contribution < 1.29 is 14.3 Å². The molecule has 4 rings (SSSR count). The topological polar surface area (TPSA) is 70.7 Å². The lowest BCUT2D eigenvalue weighted by Crippen LogP contribution is -2.46. The Morgan fingerprint density at radius 3 is 2.68 bits per heavy atom. The third-order valence-corrected chi connectivity index (χ3v) is 5.55. The number of hydrogen-bond donors (Lipinski definition) is 2. The normalized spacial score (nSPS) is 29.1.